The second kappa shape index (κ2) is 13.3. The SMILES string of the molecule is CN=C(NCc1ccncc1)Nc1cccc(C(=O)NCC(=O)Nc2cc(CCC(=O)O)ccc2F)c1. The van der Waals surface area contributed by atoms with Gasteiger partial charge in [0.25, 0.3) is 5.91 Å². The van der Waals surface area contributed by atoms with E-state index in [2.05, 4.69) is 31.2 Å². The normalized spacial score (nSPS) is 10.9. The molecule has 2 amide bonds. The van der Waals surface area contributed by atoms with Crippen LogP contribution in [0.5, 0.6) is 0 Å². The predicted molar refractivity (Wildman–Crippen MR) is 138 cm³/mol. The molecular weight excluding hydrogens is 479 g/mol. The smallest absolute Gasteiger partial charge is 0.303 e. The maximum atomic E-state index is 14.1. The molecule has 192 valence electrons. The van der Waals surface area contributed by atoms with Gasteiger partial charge in [-0.2, -0.15) is 0 Å². The molecule has 3 aromatic rings. The Labute approximate surface area is 213 Å². The van der Waals surface area contributed by atoms with Crippen LogP contribution in [0.1, 0.15) is 27.9 Å². The first-order chi connectivity index (χ1) is 17.8. The lowest BCUT2D eigenvalue weighted by atomic mass is 10.1. The molecule has 5 N–H and O–H groups in total. The number of carbonyl (C=O) groups excluding carboxylic acids is 2. The molecule has 0 bridgehead atoms. The Hall–Kier alpha value is -4.80. The third-order valence-corrected chi connectivity index (χ3v) is 5.16. The highest BCUT2D eigenvalue weighted by Gasteiger charge is 2.12. The minimum atomic E-state index is -0.976. The summed E-state index contributed by atoms with van der Waals surface area (Å²) in [6.07, 6.45) is 3.48. The van der Waals surface area contributed by atoms with E-state index in [9.17, 15) is 18.8 Å². The third-order valence-electron chi connectivity index (χ3n) is 5.16. The van der Waals surface area contributed by atoms with Gasteiger partial charge in [0, 0.05) is 43.7 Å². The summed E-state index contributed by atoms with van der Waals surface area (Å²) in [7, 11) is 1.63. The first kappa shape index (κ1) is 26.8. The van der Waals surface area contributed by atoms with Crippen LogP contribution in [0.25, 0.3) is 0 Å². The van der Waals surface area contributed by atoms with Crippen molar-refractivity contribution < 1.29 is 23.9 Å². The maximum absolute atomic E-state index is 14.1. The van der Waals surface area contributed by atoms with E-state index in [-0.39, 0.29) is 25.1 Å². The van der Waals surface area contributed by atoms with Gasteiger partial charge < -0.3 is 26.4 Å². The zero-order chi connectivity index (χ0) is 26.6. The number of hydrogen-bond acceptors (Lipinski definition) is 5. The number of aliphatic carboxylic acids is 1. The number of anilines is 2. The number of nitrogens with zero attached hydrogens (tertiary/aromatic N) is 2. The Morgan fingerprint density at radius 2 is 1.76 bits per heavy atom. The van der Waals surface area contributed by atoms with E-state index in [1.54, 1.807) is 43.7 Å². The number of carboxylic acids is 1. The van der Waals surface area contributed by atoms with Crippen molar-refractivity contribution in [1.82, 2.24) is 15.6 Å². The lowest BCUT2D eigenvalue weighted by molar-refractivity contribution is -0.137. The summed E-state index contributed by atoms with van der Waals surface area (Å²) < 4.78 is 14.1. The van der Waals surface area contributed by atoms with Gasteiger partial charge in [0.1, 0.15) is 5.82 Å². The van der Waals surface area contributed by atoms with E-state index in [1.165, 1.54) is 12.1 Å². The van der Waals surface area contributed by atoms with Crippen LogP contribution in [-0.4, -0.2) is 47.4 Å². The Bertz CT molecular complexity index is 1280. The van der Waals surface area contributed by atoms with Gasteiger partial charge in [0.2, 0.25) is 5.91 Å². The summed E-state index contributed by atoms with van der Waals surface area (Å²) in [4.78, 5) is 43.8. The third kappa shape index (κ3) is 8.73. The summed E-state index contributed by atoms with van der Waals surface area (Å²) in [5.74, 6) is -2.26. The number of halogens is 1. The van der Waals surface area contributed by atoms with Crippen LogP contribution in [0.4, 0.5) is 15.8 Å². The van der Waals surface area contributed by atoms with Gasteiger partial charge in [-0.1, -0.05) is 12.1 Å². The van der Waals surface area contributed by atoms with Gasteiger partial charge in [-0.05, 0) is 60.0 Å². The van der Waals surface area contributed by atoms with Crippen molar-refractivity contribution in [2.75, 3.05) is 24.2 Å². The Morgan fingerprint density at radius 3 is 2.49 bits per heavy atom. The van der Waals surface area contributed by atoms with Crippen LogP contribution >= 0.6 is 0 Å². The van der Waals surface area contributed by atoms with E-state index >= 15 is 0 Å². The summed E-state index contributed by atoms with van der Waals surface area (Å²) in [5.41, 5.74) is 2.43. The van der Waals surface area contributed by atoms with Crippen molar-refractivity contribution in [3.8, 4) is 0 Å². The number of carbonyl (C=O) groups is 3. The minimum Gasteiger partial charge on any atom is -0.481 e. The number of rotatable bonds is 10. The maximum Gasteiger partial charge on any atom is 0.303 e. The summed E-state index contributed by atoms with van der Waals surface area (Å²) in [6, 6.07) is 14.4. The molecule has 1 heterocycles. The van der Waals surface area contributed by atoms with E-state index in [4.69, 9.17) is 5.11 Å². The number of aliphatic imine (C=N–C) groups is 1. The molecule has 0 atom stereocenters. The number of pyridine rings is 1. The number of guanidine groups is 1. The van der Waals surface area contributed by atoms with Crippen molar-refractivity contribution in [1.29, 1.82) is 0 Å². The molecule has 0 saturated carbocycles. The van der Waals surface area contributed by atoms with Gasteiger partial charge in [0.15, 0.2) is 5.96 Å². The largest absolute Gasteiger partial charge is 0.481 e. The highest BCUT2D eigenvalue weighted by molar-refractivity contribution is 6.01. The number of hydrogen-bond donors (Lipinski definition) is 5. The van der Waals surface area contributed by atoms with E-state index in [0.29, 0.717) is 29.3 Å². The Kier molecular flexibility index (Phi) is 9.66. The molecule has 0 aliphatic carbocycles. The van der Waals surface area contributed by atoms with E-state index < -0.39 is 23.6 Å². The van der Waals surface area contributed by atoms with Gasteiger partial charge in [0.05, 0.1) is 12.2 Å². The molecule has 0 fully saturated rings. The number of nitrogens with one attached hydrogen (secondary N) is 4. The molecule has 0 unspecified atom stereocenters. The number of amides is 2. The van der Waals surface area contributed by atoms with E-state index in [1.807, 2.05) is 12.1 Å². The zero-order valence-electron chi connectivity index (χ0n) is 20.1. The van der Waals surface area contributed by atoms with Gasteiger partial charge in [-0.25, -0.2) is 4.39 Å². The first-order valence-electron chi connectivity index (χ1n) is 11.4. The van der Waals surface area contributed by atoms with Crippen molar-refractivity contribution in [3.63, 3.8) is 0 Å². The fourth-order valence-electron chi connectivity index (χ4n) is 3.27. The number of benzene rings is 2. The van der Waals surface area contributed by atoms with Gasteiger partial charge >= 0.3 is 5.97 Å². The average Bonchev–Trinajstić information content (AvgIpc) is 2.90. The summed E-state index contributed by atoms with van der Waals surface area (Å²) >= 11 is 0. The van der Waals surface area contributed by atoms with Gasteiger partial charge in [-0.15, -0.1) is 0 Å². The van der Waals surface area contributed by atoms with Crippen LogP contribution in [0.2, 0.25) is 0 Å². The Morgan fingerprint density at radius 1 is 0.973 bits per heavy atom. The van der Waals surface area contributed by atoms with Crippen LogP contribution in [0.3, 0.4) is 0 Å². The fraction of sp³-hybridized carbons (Fsp3) is 0.192. The monoisotopic (exact) mass is 506 g/mol. The van der Waals surface area contributed by atoms with Crippen LogP contribution in [-0.2, 0) is 22.6 Å². The van der Waals surface area contributed by atoms with Crippen molar-refractivity contribution in [2.45, 2.75) is 19.4 Å². The lowest BCUT2D eigenvalue weighted by Crippen LogP contribution is -2.33. The Balaban J connectivity index is 1.53. The molecule has 37 heavy (non-hydrogen) atoms. The molecule has 10 nitrogen and oxygen atoms in total. The summed E-state index contributed by atoms with van der Waals surface area (Å²) in [6.45, 7) is 0.144. The fourth-order valence-corrected chi connectivity index (χ4v) is 3.27. The predicted octanol–water partition coefficient (Wildman–Crippen LogP) is 2.79. The van der Waals surface area contributed by atoms with E-state index in [0.717, 1.165) is 11.6 Å². The molecule has 0 aliphatic rings. The number of carboxylic acid groups (broad SMARTS) is 1. The average molecular weight is 507 g/mol. The quantitative estimate of drug-likeness (QED) is 0.210. The van der Waals surface area contributed by atoms with Crippen molar-refractivity contribution >= 4 is 35.1 Å². The van der Waals surface area contributed by atoms with Crippen molar-refractivity contribution in [3.05, 3.63) is 89.5 Å². The zero-order valence-corrected chi connectivity index (χ0v) is 20.1. The molecule has 0 radical (unpaired) electrons. The van der Waals surface area contributed by atoms with Crippen molar-refractivity contribution in [2.24, 2.45) is 4.99 Å². The molecular formula is C26H27FN6O4. The second-order valence-electron chi connectivity index (χ2n) is 7.93. The molecule has 0 saturated heterocycles. The standard InChI is InChI=1S/C26H27FN6O4/c1-28-26(31-15-18-9-11-29-12-10-18)32-20-4-2-3-19(14-20)25(37)30-16-23(34)33-22-13-17(5-7-21(22)27)6-8-24(35)36/h2-5,7,9-14H,6,8,15-16H2,1H3,(H,30,37)(H,33,34)(H,35,36)(H2,28,31,32). The molecule has 3 rings (SSSR count). The highest BCUT2D eigenvalue weighted by Crippen LogP contribution is 2.17. The van der Waals surface area contributed by atoms with Crippen LogP contribution < -0.4 is 21.3 Å². The molecule has 0 spiro atoms. The van der Waals surface area contributed by atoms with Crippen LogP contribution in [0, 0.1) is 5.82 Å². The lowest BCUT2D eigenvalue weighted by Gasteiger charge is -2.13. The van der Waals surface area contributed by atoms with Gasteiger partial charge in [-0.3, -0.25) is 24.4 Å². The minimum absolute atomic E-state index is 0.0843. The number of aryl methyl sites for hydroxylation is 1. The highest BCUT2D eigenvalue weighted by atomic mass is 19.1. The molecule has 2 aromatic carbocycles. The van der Waals surface area contributed by atoms with Crippen LogP contribution in [0.15, 0.2) is 72.0 Å². The topological polar surface area (TPSA) is 145 Å². The first-order valence-corrected chi connectivity index (χ1v) is 11.4. The number of aromatic nitrogens is 1. The molecule has 1 aromatic heterocycles. The molecule has 11 heteroatoms. The second-order valence-corrected chi connectivity index (χ2v) is 7.93. The molecule has 0 aliphatic heterocycles. The summed E-state index contributed by atoms with van der Waals surface area (Å²) in [5, 5.41) is 20.0.